The molecule has 0 spiro atoms. The Morgan fingerprint density at radius 1 is 1.64 bits per heavy atom. The van der Waals surface area contributed by atoms with Crippen LogP contribution >= 0.6 is 0 Å². The Bertz CT molecular complexity index is 212. The van der Waals surface area contributed by atoms with Gasteiger partial charge in [-0.05, 0) is 6.42 Å². The zero-order chi connectivity index (χ0) is 10.8. The van der Waals surface area contributed by atoms with Gasteiger partial charge in [0.15, 0.2) is 0 Å². The SMILES string of the molecule is CCCC1(O)CN(C(=O)C(C)CN)C1. The number of nitrogens with zero attached hydrogens (tertiary/aromatic N) is 1. The maximum atomic E-state index is 11.6. The van der Waals surface area contributed by atoms with E-state index < -0.39 is 5.60 Å². The normalized spacial score (nSPS) is 21.6. The molecule has 1 atom stereocenters. The Balaban J connectivity index is 2.37. The molecule has 1 unspecified atom stereocenters. The van der Waals surface area contributed by atoms with Gasteiger partial charge in [-0.2, -0.15) is 0 Å². The van der Waals surface area contributed by atoms with Crippen molar-refractivity contribution >= 4 is 5.91 Å². The van der Waals surface area contributed by atoms with Crippen LogP contribution in [0.2, 0.25) is 0 Å². The third-order valence-corrected chi connectivity index (χ3v) is 2.77. The van der Waals surface area contributed by atoms with Gasteiger partial charge in [-0.15, -0.1) is 0 Å². The predicted octanol–water partition coefficient (Wildman–Crippen LogP) is -0.0454. The molecule has 0 aromatic rings. The lowest BCUT2D eigenvalue weighted by Crippen LogP contribution is -2.64. The number of carbonyl (C=O) groups excluding carboxylic acids is 1. The topological polar surface area (TPSA) is 66.6 Å². The molecule has 0 aromatic carbocycles. The lowest BCUT2D eigenvalue weighted by Gasteiger charge is -2.47. The van der Waals surface area contributed by atoms with Crippen molar-refractivity contribution < 1.29 is 9.90 Å². The van der Waals surface area contributed by atoms with Gasteiger partial charge in [-0.25, -0.2) is 0 Å². The number of hydrogen-bond donors (Lipinski definition) is 2. The molecule has 3 N–H and O–H groups in total. The minimum absolute atomic E-state index is 0.0632. The van der Waals surface area contributed by atoms with E-state index in [2.05, 4.69) is 0 Å². The van der Waals surface area contributed by atoms with Crippen molar-refractivity contribution in [3.63, 3.8) is 0 Å². The van der Waals surface area contributed by atoms with E-state index in [0.29, 0.717) is 19.6 Å². The van der Waals surface area contributed by atoms with Gasteiger partial charge in [-0.1, -0.05) is 20.3 Å². The van der Waals surface area contributed by atoms with Gasteiger partial charge < -0.3 is 15.7 Å². The Morgan fingerprint density at radius 2 is 2.21 bits per heavy atom. The molecule has 1 aliphatic heterocycles. The largest absolute Gasteiger partial charge is 0.386 e. The second-order valence-corrected chi connectivity index (χ2v) is 4.31. The van der Waals surface area contributed by atoms with Crippen LogP contribution in [0.3, 0.4) is 0 Å². The zero-order valence-electron chi connectivity index (χ0n) is 8.99. The fourth-order valence-corrected chi connectivity index (χ4v) is 1.86. The van der Waals surface area contributed by atoms with E-state index in [1.165, 1.54) is 0 Å². The first-order chi connectivity index (χ1) is 6.52. The molecule has 0 bridgehead atoms. The first-order valence-electron chi connectivity index (χ1n) is 5.23. The van der Waals surface area contributed by atoms with Gasteiger partial charge in [0, 0.05) is 12.5 Å². The third kappa shape index (κ3) is 2.25. The van der Waals surface area contributed by atoms with E-state index in [1.807, 2.05) is 13.8 Å². The summed E-state index contributed by atoms with van der Waals surface area (Å²) in [7, 11) is 0. The monoisotopic (exact) mass is 200 g/mol. The summed E-state index contributed by atoms with van der Waals surface area (Å²) in [6.45, 7) is 5.18. The minimum atomic E-state index is -0.626. The maximum absolute atomic E-state index is 11.6. The zero-order valence-corrected chi connectivity index (χ0v) is 8.99. The van der Waals surface area contributed by atoms with Crippen molar-refractivity contribution in [2.24, 2.45) is 11.7 Å². The molecule has 0 radical (unpaired) electrons. The van der Waals surface area contributed by atoms with E-state index >= 15 is 0 Å². The highest BCUT2D eigenvalue weighted by molar-refractivity contribution is 5.79. The molecule has 4 nitrogen and oxygen atoms in total. The fourth-order valence-electron chi connectivity index (χ4n) is 1.86. The summed E-state index contributed by atoms with van der Waals surface area (Å²) in [5.74, 6) is -0.0607. The molecule has 82 valence electrons. The number of aliphatic hydroxyl groups is 1. The Kier molecular flexibility index (Phi) is 3.50. The summed E-state index contributed by atoms with van der Waals surface area (Å²) in [5, 5.41) is 9.86. The molecule has 4 heteroatoms. The van der Waals surface area contributed by atoms with E-state index in [1.54, 1.807) is 4.90 Å². The van der Waals surface area contributed by atoms with Crippen LogP contribution in [0, 0.1) is 5.92 Å². The average molecular weight is 200 g/mol. The van der Waals surface area contributed by atoms with Crippen LogP contribution in [0.5, 0.6) is 0 Å². The van der Waals surface area contributed by atoms with Crippen LogP contribution in [-0.4, -0.2) is 41.1 Å². The van der Waals surface area contributed by atoms with Crippen LogP contribution in [-0.2, 0) is 4.79 Å². The summed E-state index contributed by atoms with van der Waals surface area (Å²) in [6.07, 6.45) is 1.72. The standard InChI is InChI=1S/C10H20N2O2/c1-3-4-10(14)6-12(7-10)9(13)8(2)5-11/h8,14H,3-7,11H2,1-2H3. The van der Waals surface area contributed by atoms with Crippen LogP contribution < -0.4 is 5.73 Å². The van der Waals surface area contributed by atoms with Crippen molar-refractivity contribution in [2.75, 3.05) is 19.6 Å². The summed E-state index contributed by atoms with van der Waals surface area (Å²) >= 11 is 0. The first-order valence-corrected chi connectivity index (χ1v) is 5.23. The number of likely N-dealkylation sites (tertiary alicyclic amines) is 1. The summed E-state index contributed by atoms with van der Waals surface area (Å²) < 4.78 is 0. The number of nitrogens with two attached hydrogens (primary N) is 1. The number of amides is 1. The van der Waals surface area contributed by atoms with Gasteiger partial charge in [-0.3, -0.25) is 4.79 Å². The number of β-amino-alcohol motifs (C(OH)–C–C–N with tert-alkyl or cyclic N) is 1. The van der Waals surface area contributed by atoms with Crippen molar-refractivity contribution in [3.8, 4) is 0 Å². The van der Waals surface area contributed by atoms with E-state index in [0.717, 1.165) is 12.8 Å². The predicted molar refractivity (Wildman–Crippen MR) is 54.7 cm³/mol. The molecule has 1 saturated heterocycles. The second-order valence-electron chi connectivity index (χ2n) is 4.31. The van der Waals surface area contributed by atoms with Crippen molar-refractivity contribution in [3.05, 3.63) is 0 Å². The highest BCUT2D eigenvalue weighted by Gasteiger charge is 2.43. The Morgan fingerprint density at radius 3 is 2.64 bits per heavy atom. The van der Waals surface area contributed by atoms with Gasteiger partial charge >= 0.3 is 0 Å². The molecule has 1 heterocycles. The molecule has 1 amide bonds. The van der Waals surface area contributed by atoms with Crippen molar-refractivity contribution in [1.29, 1.82) is 0 Å². The van der Waals surface area contributed by atoms with Gasteiger partial charge in [0.2, 0.25) is 5.91 Å². The van der Waals surface area contributed by atoms with Crippen LogP contribution in [0.1, 0.15) is 26.7 Å². The minimum Gasteiger partial charge on any atom is -0.386 e. The summed E-state index contributed by atoms with van der Waals surface area (Å²) in [5.41, 5.74) is 4.78. The van der Waals surface area contributed by atoms with E-state index in [9.17, 15) is 9.90 Å². The van der Waals surface area contributed by atoms with Crippen LogP contribution in [0.25, 0.3) is 0 Å². The lowest BCUT2D eigenvalue weighted by molar-refractivity contribution is -0.159. The molecule has 0 saturated carbocycles. The summed E-state index contributed by atoms with van der Waals surface area (Å²) in [6, 6.07) is 0. The second kappa shape index (κ2) is 4.28. The Hall–Kier alpha value is -0.610. The quantitative estimate of drug-likeness (QED) is 0.669. The summed E-state index contributed by atoms with van der Waals surface area (Å²) in [4.78, 5) is 13.3. The van der Waals surface area contributed by atoms with Crippen molar-refractivity contribution in [1.82, 2.24) is 4.90 Å². The number of rotatable bonds is 4. The molecular formula is C10H20N2O2. The molecule has 1 rings (SSSR count). The third-order valence-electron chi connectivity index (χ3n) is 2.77. The molecule has 1 aliphatic rings. The highest BCUT2D eigenvalue weighted by Crippen LogP contribution is 2.26. The van der Waals surface area contributed by atoms with E-state index in [4.69, 9.17) is 5.73 Å². The van der Waals surface area contributed by atoms with Crippen LogP contribution in [0.4, 0.5) is 0 Å². The lowest BCUT2D eigenvalue weighted by atomic mass is 9.88. The molecule has 1 fully saturated rings. The molecule has 14 heavy (non-hydrogen) atoms. The molecular weight excluding hydrogens is 180 g/mol. The van der Waals surface area contributed by atoms with Crippen LogP contribution in [0.15, 0.2) is 0 Å². The molecule has 0 aliphatic carbocycles. The first kappa shape index (κ1) is 11.5. The number of carbonyl (C=O) groups is 1. The van der Waals surface area contributed by atoms with Gasteiger partial charge in [0.25, 0.3) is 0 Å². The smallest absolute Gasteiger partial charge is 0.226 e. The molecule has 0 aromatic heterocycles. The average Bonchev–Trinajstić information content (AvgIpc) is 2.12. The Labute approximate surface area is 85.1 Å². The fraction of sp³-hybridized carbons (Fsp3) is 0.900. The maximum Gasteiger partial charge on any atom is 0.226 e. The van der Waals surface area contributed by atoms with E-state index in [-0.39, 0.29) is 11.8 Å². The van der Waals surface area contributed by atoms with Crippen molar-refractivity contribution in [2.45, 2.75) is 32.3 Å². The highest BCUT2D eigenvalue weighted by atomic mass is 16.3. The van der Waals surface area contributed by atoms with Gasteiger partial charge in [0.05, 0.1) is 18.7 Å². The van der Waals surface area contributed by atoms with Gasteiger partial charge in [0.1, 0.15) is 0 Å². The number of hydrogen-bond acceptors (Lipinski definition) is 3.